The zero-order chi connectivity index (χ0) is 28.4. The summed E-state index contributed by atoms with van der Waals surface area (Å²) < 4.78 is 13.0. The number of para-hydroxylation sites is 2. The number of imidazole rings is 1. The van der Waals surface area contributed by atoms with Crippen LogP contribution in [0.4, 0.5) is 0 Å². The fraction of sp³-hybridized carbons (Fsp3) is 0.229. The Balaban J connectivity index is 1.65. The topological polar surface area (TPSA) is 52.1 Å². The SMILES string of the molecule is Cc1ccc2c(oc3cnnn32)c1-c1n(-c2c(C(C)C)cc(-c3ccccc3)cc2C(C)C)c2ccccc2[n+]1C. The Hall–Kier alpha value is -4.71. The van der Waals surface area contributed by atoms with Crippen LogP contribution in [0.25, 0.3) is 56.0 Å². The van der Waals surface area contributed by atoms with Crippen molar-refractivity contribution in [3.05, 3.63) is 102 Å². The highest BCUT2D eigenvalue weighted by molar-refractivity contribution is 5.94. The first-order chi connectivity index (χ1) is 19.8. The van der Waals surface area contributed by atoms with E-state index in [0.29, 0.717) is 17.5 Å². The first-order valence-electron chi connectivity index (χ1n) is 14.3. The normalized spacial score (nSPS) is 12.1. The van der Waals surface area contributed by atoms with Crippen LogP contribution in [0.15, 0.2) is 89.5 Å². The maximum absolute atomic E-state index is 6.44. The molecule has 41 heavy (non-hydrogen) atoms. The van der Waals surface area contributed by atoms with Crippen LogP contribution in [0.3, 0.4) is 0 Å². The number of nitrogens with zero attached hydrogens (tertiary/aromatic N) is 5. The Kier molecular flexibility index (Phi) is 5.82. The van der Waals surface area contributed by atoms with Crippen molar-refractivity contribution < 1.29 is 8.98 Å². The van der Waals surface area contributed by atoms with Gasteiger partial charge in [0, 0.05) is 11.1 Å². The monoisotopic (exact) mass is 540 g/mol. The average Bonchev–Trinajstić information content (AvgIpc) is 3.65. The number of oxazole rings is 1. The Morgan fingerprint density at radius 2 is 1.46 bits per heavy atom. The third-order valence-electron chi connectivity index (χ3n) is 8.28. The Morgan fingerprint density at radius 1 is 0.780 bits per heavy atom. The second-order valence-electron chi connectivity index (χ2n) is 11.6. The Labute approximate surface area is 239 Å². The summed E-state index contributed by atoms with van der Waals surface area (Å²) in [5, 5.41) is 8.35. The lowest BCUT2D eigenvalue weighted by molar-refractivity contribution is -0.633. The number of aromatic nitrogens is 5. The van der Waals surface area contributed by atoms with Crippen molar-refractivity contribution in [3.63, 3.8) is 0 Å². The molecule has 7 rings (SSSR count). The number of fused-ring (bicyclic) bond motifs is 4. The van der Waals surface area contributed by atoms with E-state index in [1.807, 2.05) is 0 Å². The molecule has 0 aliphatic rings. The molecule has 0 aliphatic heterocycles. The van der Waals surface area contributed by atoms with Crippen molar-refractivity contribution in [1.29, 1.82) is 0 Å². The molecule has 0 amide bonds. The van der Waals surface area contributed by atoms with E-state index in [1.54, 1.807) is 10.7 Å². The van der Waals surface area contributed by atoms with Gasteiger partial charge in [-0.2, -0.15) is 9.08 Å². The first-order valence-corrected chi connectivity index (χ1v) is 14.3. The molecular weight excluding hydrogens is 506 g/mol. The van der Waals surface area contributed by atoms with Crippen molar-refractivity contribution in [1.82, 2.24) is 19.4 Å². The van der Waals surface area contributed by atoms with Crippen molar-refractivity contribution in [2.45, 2.75) is 46.5 Å². The third-order valence-corrected chi connectivity index (χ3v) is 8.28. The van der Waals surface area contributed by atoms with E-state index < -0.39 is 0 Å². The maximum atomic E-state index is 6.44. The molecule has 0 spiro atoms. The summed E-state index contributed by atoms with van der Waals surface area (Å²) in [5.41, 5.74) is 13.2. The summed E-state index contributed by atoms with van der Waals surface area (Å²) in [6.07, 6.45) is 1.67. The number of hydrogen-bond acceptors (Lipinski definition) is 3. The minimum atomic E-state index is 0.306. The minimum absolute atomic E-state index is 0.306. The fourth-order valence-electron chi connectivity index (χ4n) is 6.22. The smallest absolute Gasteiger partial charge is 0.299 e. The summed E-state index contributed by atoms with van der Waals surface area (Å²) >= 11 is 0. The molecule has 3 heterocycles. The van der Waals surface area contributed by atoms with Crippen molar-refractivity contribution in [2.75, 3.05) is 0 Å². The molecule has 6 nitrogen and oxygen atoms in total. The zero-order valence-electron chi connectivity index (χ0n) is 24.4. The predicted molar refractivity (Wildman–Crippen MR) is 165 cm³/mol. The maximum Gasteiger partial charge on any atom is 0.299 e. The van der Waals surface area contributed by atoms with Gasteiger partial charge in [0.15, 0.2) is 16.6 Å². The summed E-state index contributed by atoms with van der Waals surface area (Å²) in [5.74, 6) is 1.69. The van der Waals surface area contributed by atoms with Gasteiger partial charge in [-0.05, 0) is 65.8 Å². The molecule has 7 aromatic rings. The van der Waals surface area contributed by atoms with Crippen LogP contribution in [-0.4, -0.2) is 19.4 Å². The molecule has 0 radical (unpaired) electrons. The summed E-state index contributed by atoms with van der Waals surface area (Å²) in [4.78, 5) is 0. The molecular formula is C35H34N5O+. The molecule has 0 bridgehead atoms. The van der Waals surface area contributed by atoms with E-state index in [-0.39, 0.29) is 0 Å². The van der Waals surface area contributed by atoms with Gasteiger partial charge < -0.3 is 4.42 Å². The van der Waals surface area contributed by atoms with Crippen LogP contribution in [-0.2, 0) is 7.05 Å². The van der Waals surface area contributed by atoms with Gasteiger partial charge in [0.25, 0.3) is 5.82 Å². The van der Waals surface area contributed by atoms with Crippen LogP contribution in [0.1, 0.15) is 56.2 Å². The Bertz CT molecular complexity index is 2050. The van der Waals surface area contributed by atoms with Crippen LogP contribution in [0.5, 0.6) is 0 Å². The number of benzene rings is 4. The largest absolute Gasteiger partial charge is 0.434 e. The van der Waals surface area contributed by atoms with E-state index in [9.17, 15) is 0 Å². The zero-order valence-corrected chi connectivity index (χ0v) is 24.4. The van der Waals surface area contributed by atoms with Gasteiger partial charge in [0.1, 0.15) is 23.0 Å². The molecule has 0 saturated heterocycles. The van der Waals surface area contributed by atoms with Gasteiger partial charge in [0.2, 0.25) is 5.71 Å². The van der Waals surface area contributed by atoms with Crippen molar-refractivity contribution in [3.8, 4) is 28.2 Å². The molecule has 204 valence electrons. The highest BCUT2D eigenvalue weighted by atomic mass is 16.3. The van der Waals surface area contributed by atoms with Gasteiger partial charge in [-0.1, -0.05) is 81.4 Å². The average molecular weight is 541 g/mol. The van der Waals surface area contributed by atoms with Crippen molar-refractivity contribution >= 4 is 27.8 Å². The van der Waals surface area contributed by atoms with Crippen LogP contribution in [0, 0.1) is 6.92 Å². The lowest BCUT2D eigenvalue weighted by Gasteiger charge is -2.21. The summed E-state index contributed by atoms with van der Waals surface area (Å²) in [6.45, 7) is 11.3. The molecule has 0 fully saturated rings. The van der Waals surface area contributed by atoms with E-state index in [1.165, 1.54) is 27.9 Å². The van der Waals surface area contributed by atoms with E-state index in [0.717, 1.165) is 39.1 Å². The number of rotatable bonds is 5. The molecule has 0 saturated carbocycles. The van der Waals surface area contributed by atoms with E-state index in [4.69, 9.17) is 4.42 Å². The molecule has 0 N–H and O–H groups in total. The highest BCUT2D eigenvalue weighted by Crippen LogP contribution is 2.41. The second-order valence-corrected chi connectivity index (χ2v) is 11.6. The summed E-state index contributed by atoms with van der Waals surface area (Å²) in [6, 6.07) is 28.4. The molecule has 0 atom stereocenters. The second kappa shape index (κ2) is 9.44. The fourth-order valence-corrected chi connectivity index (χ4v) is 6.22. The lowest BCUT2D eigenvalue weighted by Crippen LogP contribution is -2.30. The predicted octanol–water partition coefficient (Wildman–Crippen LogP) is 8.13. The van der Waals surface area contributed by atoms with Gasteiger partial charge in [-0.3, -0.25) is 0 Å². The molecule has 0 unspecified atom stereocenters. The quantitative estimate of drug-likeness (QED) is 0.207. The van der Waals surface area contributed by atoms with Gasteiger partial charge in [-0.25, -0.2) is 4.57 Å². The van der Waals surface area contributed by atoms with E-state index in [2.05, 4.69) is 140 Å². The minimum Gasteiger partial charge on any atom is -0.434 e. The van der Waals surface area contributed by atoms with Gasteiger partial charge in [0.05, 0.1) is 7.05 Å². The molecule has 4 aromatic carbocycles. The first kappa shape index (κ1) is 25.3. The van der Waals surface area contributed by atoms with Crippen LogP contribution >= 0.6 is 0 Å². The van der Waals surface area contributed by atoms with Crippen LogP contribution < -0.4 is 4.57 Å². The standard InChI is InChI=1S/C35H34N5O/c1-21(2)26-18-25(24-12-8-7-9-13-24)19-27(22(3)4)33(26)39-29-15-11-10-14-28(29)38(6)35(39)32-23(5)16-17-30-34(32)41-31-20-36-37-40(30)31/h7-22H,1-6H3/q+1. The molecule has 0 aliphatic carbocycles. The van der Waals surface area contributed by atoms with E-state index >= 15 is 0 Å². The third kappa shape index (κ3) is 3.81. The number of hydrogen-bond donors (Lipinski definition) is 0. The summed E-state index contributed by atoms with van der Waals surface area (Å²) in [7, 11) is 2.16. The molecule has 3 aromatic heterocycles. The number of aryl methyl sites for hydroxylation is 2. The van der Waals surface area contributed by atoms with Crippen LogP contribution in [0.2, 0.25) is 0 Å². The lowest BCUT2D eigenvalue weighted by atomic mass is 9.88. The van der Waals surface area contributed by atoms with Gasteiger partial charge >= 0.3 is 0 Å². The highest BCUT2D eigenvalue weighted by Gasteiger charge is 2.34. The molecule has 6 heteroatoms. The van der Waals surface area contributed by atoms with Gasteiger partial charge in [-0.15, -0.1) is 5.10 Å². The Morgan fingerprint density at radius 3 is 2.17 bits per heavy atom. The van der Waals surface area contributed by atoms with Crippen molar-refractivity contribution in [2.24, 2.45) is 7.05 Å².